The lowest BCUT2D eigenvalue weighted by molar-refractivity contribution is -0.140. The van der Waals surface area contributed by atoms with Crippen LogP contribution in [0, 0.1) is 11.3 Å². The van der Waals surface area contributed by atoms with Crippen molar-refractivity contribution in [2.75, 3.05) is 31.6 Å². The molecule has 0 unspecified atom stereocenters. The van der Waals surface area contributed by atoms with Crippen LogP contribution in [0.25, 0.3) is 0 Å². The van der Waals surface area contributed by atoms with E-state index < -0.39 is 6.10 Å². The van der Waals surface area contributed by atoms with Gasteiger partial charge in [-0.15, -0.1) is 0 Å². The molecular formula is C22H23N3O5. The van der Waals surface area contributed by atoms with E-state index >= 15 is 0 Å². The molecule has 1 heterocycles. The average molecular weight is 409 g/mol. The van der Waals surface area contributed by atoms with E-state index in [1.165, 1.54) is 4.90 Å². The van der Waals surface area contributed by atoms with Crippen LogP contribution in [0.5, 0.6) is 17.2 Å². The van der Waals surface area contributed by atoms with Crippen molar-refractivity contribution in [2.45, 2.75) is 20.0 Å². The van der Waals surface area contributed by atoms with Crippen LogP contribution in [0.15, 0.2) is 42.5 Å². The number of ether oxygens (including phenoxy) is 3. The van der Waals surface area contributed by atoms with E-state index in [1.54, 1.807) is 56.3 Å². The van der Waals surface area contributed by atoms with E-state index in [-0.39, 0.29) is 18.4 Å². The third-order valence-corrected chi connectivity index (χ3v) is 4.50. The molecule has 2 aromatic carbocycles. The van der Waals surface area contributed by atoms with Gasteiger partial charge < -0.3 is 24.4 Å². The van der Waals surface area contributed by atoms with Crippen molar-refractivity contribution in [1.82, 2.24) is 4.90 Å². The zero-order valence-electron chi connectivity index (χ0n) is 16.9. The van der Waals surface area contributed by atoms with E-state index in [0.29, 0.717) is 48.3 Å². The Morgan fingerprint density at radius 1 is 1.17 bits per heavy atom. The number of hydrogen-bond donors (Lipinski definition) is 1. The first kappa shape index (κ1) is 21.0. The summed E-state index contributed by atoms with van der Waals surface area (Å²) in [5, 5.41) is 11.6. The smallest absolute Gasteiger partial charge is 0.263 e. The molecule has 0 radical (unpaired) electrons. The highest BCUT2D eigenvalue weighted by Crippen LogP contribution is 2.32. The third-order valence-electron chi connectivity index (χ3n) is 4.50. The Bertz CT molecular complexity index is 952. The summed E-state index contributed by atoms with van der Waals surface area (Å²) in [6, 6.07) is 13.7. The zero-order valence-corrected chi connectivity index (χ0v) is 16.9. The number of hydrogen-bond acceptors (Lipinski definition) is 6. The van der Waals surface area contributed by atoms with Crippen molar-refractivity contribution in [1.29, 1.82) is 5.26 Å². The molecule has 0 bridgehead atoms. The summed E-state index contributed by atoms with van der Waals surface area (Å²) in [6.07, 6.45) is -0.778. The first-order valence-electron chi connectivity index (χ1n) is 9.65. The summed E-state index contributed by atoms with van der Waals surface area (Å²) in [5.74, 6) is 1.06. The highest BCUT2D eigenvalue weighted by Gasteiger charge is 2.23. The van der Waals surface area contributed by atoms with Crippen LogP contribution in [0.1, 0.15) is 19.4 Å². The SMILES string of the molecule is CCN(CC(=O)Nc1ccc2c(c1)OCCO2)C(=O)[C@@H](C)Oc1ccc(C#N)cc1. The predicted molar refractivity (Wildman–Crippen MR) is 110 cm³/mol. The predicted octanol–water partition coefficient (Wildman–Crippen LogP) is 2.58. The quantitative estimate of drug-likeness (QED) is 0.754. The molecule has 3 rings (SSSR count). The molecule has 1 atom stereocenters. The number of carbonyl (C=O) groups is 2. The van der Waals surface area contributed by atoms with Gasteiger partial charge >= 0.3 is 0 Å². The van der Waals surface area contributed by atoms with Crippen LogP contribution in [-0.2, 0) is 9.59 Å². The normalized spacial score (nSPS) is 13.0. The lowest BCUT2D eigenvalue weighted by atomic mass is 10.2. The number of fused-ring (bicyclic) bond motifs is 1. The monoisotopic (exact) mass is 409 g/mol. The molecule has 2 aromatic rings. The second kappa shape index (κ2) is 9.65. The van der Waals surface area contributed by atoms with Crippen LogP contribution in [-0.4, -0.2) is 49.1 Å². The van der Waals surface area contributed by atoms with E-state index in [9.17, 15) is 9.59 Å². The summed E-state index contributed by atoms with van der Waals surface area (Å²) in [7, 11) is 0. The number of amides is 2. The van der Waals surface area contributed by atoms with Gasteiger partial charge in [0.1, 0.15) is 19.0 Å². The maximum Gasteiger partial charge on any atom is 0.263 e. The van der Waals surface area contributed by atoms with Gasteiger partial charge in [-0.05, 0) is 50.2 Å². The number of nitrogens with one attached hydrogen (secondary N) is 1. The Morgan fingerprint density at radius 3 is 2.53 bits per heavy atom. The molecule has 8 nitrogen and oxygen atoms in total. The molecule has 0 saturated carbocycles. The second-order valence-electron chi connectivity index (χ2n) is 6.66. The molecule has 0 aliphatic carbocycles. The van der Waals surface area contributed by atoms with Gasteiger partial charge in [0.2, 0.25) is 5.91 Å². The molecule has 1 N–H and O–H groups in total. The van der Waals surface area contributed by atoms with Crippen LogP contribution >= 0.6 is 0 Å². The van der Waals surface area contributed by atoms with Gasteiger partial charge in [0.25, 0.3) is 5.91 Å². The zero-order chi connectivity index (χ0) is 21.5. The number of carbonyl (C=O) groups excluding carboxylic acids is 2. The highest BCUT2D eigenvalue weighted by molar-refractivity contribution is 5.95. The molecule has 1 aliphatic rings. The van der Waals surface area contributed by atoms with Gasteiger partial charge in [0.05, 0.1) is 18.2 Å². The number of likely N-dealkylation sites (N-methyl/N-ethyl adjacent to an activating group) is 1. The maximum atomic E-state index is 12.7. The Kier molecular flexibility index (Phi) is 6.75. The lowest BCUT2D eigenvalue weighted by Gasteiger charge is -2.24. The fraction of sp³-hybridized carbons (Fsp3) is 0.318. The van der Waals surface area contributed by atoms with Crippen molar-refractivity contribution < 1.29 is 23.8 Å². The molecule has 1 aliphatic heterocycles. The molecule has 0 saturated heterocycles. The summed E-state index contributed by atoms with van der Waals surface area (Å²) in [5.41, 5.74) is 1.07. The second-order valence-corrected chi connectivity index (χ2v) is 6.66. The number of nitriles is 1. The minimum Gasteiger partial charge on any atom is -0.486 e. The summed E-state index contributed by atoms with van der Waals surface area (Å²) in [4.78, 5) is 26.6. The third kappa shape index (κ3) is 5.20. The molecule has 30 heavy (non-hydrogen) atoms. The Labute approximate surface area is 174 Å². The Morgan fingerprint density at radius 2 is 1.87 bits per heavy atom. The lowest BCUT2D eigenvalue weighted by Crippen LogP contribution is -2.44. The number of benzene rings is 2. The fourth-order valence-electron chi connectivity index (χ4n) is 2.96. The molecular weight excluding hydrogens is 386 g/mol. The summed E-state index contributed by atoms with van der Waals surface area (Å²) in [6.45, 7) is 4.62. The molecule has 8 heteroatoms. The summed E-state index contributed by atoms with van der Waals surface area (Å²) >= 11 is 0. The van der Waals surface area contributed by atoms with E-state index in [2.05, 4.69) is 5.32 Å². The van der Waals surface area contributed by atoms with Crippen LogP contribution in [0.3, 0.4) is 0 Å². The van der Waals surface area contributed by atoms with Gasteiger partial charge in [0, 0.05) is 18.3 Å². The highest BCUT2D eigenvalue weighted by atomic mass is 16.6. The standard InChI is InChI=1S/C22H23N3O5/c1-3-25(22(27)15(2)30-18-7-4-16(13-23)5-8-18)14-21(26)24-17-6-9-19-20(12-17)29-11-10-28-19/h4-9,12,15H,3,10-11,14H2,1-2H3,(H,24,26)/t15-/m1/s1. The van der Waals surface area contributed by atoms with Crippen molar-refractivity contribution in [3.8, 4) is 23.3 Å². The average Bonchev–Trinajstić information content (AvgIpc) is 2.77. The van der Waals surface area contributed by atoms with E-state index in [0.717, 1.165) is 0 Å². The summed E-state index contributed by atoms with van der Waals surface area (Å²) < 4.78 is 16.6. The van der Waals surface area contributed by atoms with Crippen molar-refractivity contribution in [3.05, 3.63) is 48.0 Å². The molecule has 156 valence electrons. The minimum absolute atomic E-state index is 0.106. The van der Waals surface area contributed by atoms with Crippen LogP contribution in [0.4, 0.5) is 5.69 Å². The molecule has 0 fully saturated rings. The topological polar surface area (TPSA) is 101 Å². The van der Waals surface area contributed by atoms with Crippen LogP contribution < -0.4 is 19.5 Å². The van der Waals surface area contributed by atoms with E-state index in [1.807, 2.05) is 6.07 Å². The number of anilines is 1. The first-order valence-corrected chi connectivity index (χ1v) is 9.65. The maximum absolute atomic E-state index is 12.7. The first-order chi connectivity index (χ1) is 14.5. The van der Waals surface area contributed by atoms with Crippen molar-refractivity contribution in [3.63, 3.8) is 0 Å². The Hall–Kier alpha value is -3.73. The van der Waals surface area contributed by atoms with Gasteiger partial charge in [-0.1, -0.05) is 0 Å². The van der Waals surface area contributed by atoms with Crippen LogP contribution in [0.2, 0.25) is 0 Å². The number of rotatable bonds is 7. The molecule has 2 amide bonds. The van der Waals surface area contributed by atoms with Gasteiger partial charge in [0.15, 0.2) is 17.6 Å². The van der Waals surface area contributed by atoms with E-state index in [4.69, 9.17) is 19.5 Å². The molecule has 0 aromatic heterocycles. The van der Waals surface area contributed by atoms with Gasteiger partial charge in [-0.3, -0.25) is 9.59 Å². The molecule has 0 spiro atoms. The van der Waals surface area contributed by atoms with Gasteiger partial charge in [-0.2, -0.15) is 5.26 Å². The van der Waals surface area contributed by atoms with Gasteiger partial charge in [-0.25, -0.2) is 0 Å². The fourth-order valence-corrected chi connectivity index (χ4v) is 2.96. The van der Waals surface area contributed by atoms with Crippen molar-refractivity contribution >= 4 is 17.5 Å². The minimum atomic E-state index is -0.778. The Balaban J connectivity index is 1.57. The van der Waals surface area contributed by atoms with Crippen molar-refractivity contribution in [2.24, 2.45) is 0 Å². The largest absolute Gasteiger partial charge is 0.486 e. The number of nitrogens with zero attached hydrogens (tertiary/aromatic N) is 2.